The largest absolute Gasteiger partial charge is 0.388 e. The lowest BCUT2D eigenvalue weighted by Crippen LogP contribution is -2.25. The summed E-state index contributed by atoms with van der Waals surface area (Å²) in [5, 5.41) is 12.9. The number of rotatable bonds is 6. The first-order chi connectivity index (χ1) is 12.1. The monoisotopic (exact) mass is 338 g/mol. The molecule has 25 heavy (non-hydrogen) atoms. The summed E-state index contributed by atoms with van der Waals surface area (Å²) in [5.74, 6) is -0.0360. The number of amides is 2. The highest BCUT2D eigenvalue weighted by atomic mass is 16.3. The number of carbonyl (C=O) groups excluding carboxylic acids is 2. The predicted molar refractivity (Wildman–Crippen MR) is 95.9 cm³/mol. The van der Waals surface area contributed by atoms with Crippen LogP contribution >= 0.6 is 0 Å². The van der Waals surface area contributed by atoms with E-state index < -0.39 is 6.10 Å². The molecule has 0 bridgehead atoms. The van der Waals surface area contributed by atoms with E-state index in [4.69, 9.17) is 0 Å². The minimum absolute atomic E-state index is 0.0321. The molecule has 2 aromatic carbocycles. The van der Waals surface area contributed by atoms with Gasteiger partial charge in [-0.05, 0) is 29.7 Å². The van der Waals surface area contributed by atoms with E-state index in [0.717, 1.165) is 29.8 Å². The fourth-order valence-corrected chi connectivity index (χ4v) is 2.96. The van der Waals surface area contributed by atoms with E-state index in [0.29, 0.717) is 13.0 Å². The summed E-state index contributed by atoms with van der Waals surface area (Å²) in [4.78, 5) is 25.5. The molecule has 1 aliphatic heterocycles. The summed E-state index contributed by atoms with van der Waals surface area (Å²) >= 11 is 0. The van der Waals surface area contributed by atoms with Gasteiger partial charge in [0, 0.05) is 25.2 Å². The van der Waals surface area contributed by atoms with Crippen LogP contribution in [0.15, 0.2) is 54.6 Å². The highest BCUT2D eigenvalue weighted by Gasteiger charge is 2.21. The second kappa shape index (κ2) is 7.94. The Balaban J connectivity index is 1.49. The van der Waals surface area contributed by atoms with Gasteiger partial charge in [0.15, 0.2) is 0 Å². The van der Waals surface area contributed by atoms with Gasteiger partial charge in [0.1, 0.15) is 0 Å². The Morgan fingerprint density at radius 2 is 1.84 bits per heavy atom. The van der Waals surface area contributed by atoms with Crippen LogP contribution < -0.4 is 10.2 Å². The van der Waals surface area contributed by atoms with Crippen LogP contribution in [0.4, 0.5) is 5.69 Å². The van der Waals surface area contributed by atoms with E-state index in [1.165, 1.54) is 0 Å². The van der Waals surface area contributed by atoms with E-state index in [2.05, 4.69) is 5.32 Å². The molecule has 2 aromatic rings. The van der Waals surface area contributed by atoms with Crippen molar-refractivity contribution in [3.63, 3.8) is 0 Å². The van der Waals surface area contributed by atoms with Crippen LogP contribution in [-0.4, -0.2) is 23.5 Å². The molecule has 1 saturated heterocycles. The molecule has 1 aliphatic rings. The lowest BCUT2D eigenvalue weighted by atomic mass is 10.1. The molecule has 1 atom stereocenters. The summed E-state index contributed by atoms with van der Waals surface area (Å²) in [5.41, 5.74) is 2.59. The fraction of sp³-hybridized carbons (Fsp3) is 0.300. The number of hydrogen-bond donors (Lipinski definition) is 2. The second-order valence-corrected chi connectivity index (χ2v) is 6.22. The molecule has 0 aromatic heterocycles. The van der Waals surface area contributed by atoms with Gasteiger partial charge in [-0.15, -0.1) is 0 Å². The maximum atomic E-state index is 12.0. The lowest BCUT2D eigenvalue weighted by molar-refractivity contribution is -0.123. The van der Waals surface area contributed by atoms with Crippen molar-refractivity contribution in [1.82, 2.24) is 5.32 Å². The van der Waals surface area contributed by atoms with Gasteiger partial charge in [0.2, 0.25) is 11.8 Å². The van der Waals surface area contributed by atoms with Crippen molar-refractivity contribution in [2.24, 2.45) is 0 Å². The van der Waals surface area contributed by atoms with E-state index in [-0.39, 0.29) is 18.2 Å². The zero-order valence-corrected chi connectivity index (χ0v) is 14.0. The molecule has 0 saturated carbocycles. The van der Waals surface area contributed by atoms with Gasteiger partial charge in [0.05, 0.1) is 12.5 Å². The molecule has 3 rings (SSSR count). The van der Waals surface area contributed by atoms with Crippen molar-refractivity contribution in [1.29, 1.82) is 0 Å². The van der Waals surface area contributed by atoms with Crippen LogP contribution in [0.1, 0.15) is 36.5 Å². The third kappa shape index (κ3) is 4.45. The van der Waals surface area contributed by atoms with Crippen LogP contribution in [0.3, 0.4) is 0 Å². The predicted octanol–water partition coefficient (Wildman–Crippen LogP) is 2.55. The molecule has 5 nitrogen and oxygen atoms in total. The summed E-state index contributed by atoms with van der Waals surface area (Å²) in [6.07, 6.45) is 0.747. The van der Waals surface area contributed by atoms with Gasteiger partial charge in [-0.25, -0.2) is 0 Å². The SMILES string of the molecule is O=C(CC(O)c1ccccc1)NCc1ccc(N2CCCC2=O)cc1. The number of nitrogens with one attached hydrogen (secondary N) is 1. The van der Waals surface area contributed by atoms with Crippen LogP contribution in [-0.2, 0) is 16.1 Å². The molecule has 2 amide bonds. The van der Waals surface area contributed by atoms with Crippen LogP contribution in [0, 0.1) is 0 Å². The average Bonchev–Trinajstić information content (AvgIpc) is 3.07. The van der Waals surface area contributed by atoms with E-state index in [1.807, 2.05) is 42.5 Å². The Kier molecular flexibility index (Phi) is 5.46. The quantitative estimate of drug-likeness (QED) is 0.850. The third-order valence-corrected chi connectivity index (χ3v) is 4.37. The number of nitrogens with zero attached hydrogens (tertiary/aromatic N) is 1. The minimum atomic E-state index is -0.801. The van der Waals surface area contributed by atoms with Crippen molar-refractivity contribution in [2.75, 3.05) is 11.4 Å². The molecule has 5 heteroatoms. The van der Waals surface area contributed by atoms with E-state index in [9.17, 15) is 14.7 Å². The number of hydrogen-bond acceptors (Lipinski definition) is 3. The molecule has 0 spiro atoms. The number of aliphatic hydroxyl groups excluding tert-OH is 1. The zero-order chi connectivity index (χ0) is 17.6. The Morgan fingerprint density at radius 1 is 1.12 bits per heavy atom. The minimum Gasteiger partial charge on any atom is -0.388 e. The molecule has 2 N–H and O–H groups in total. The van der Waals surface area contributed by atoms with E-state index >= 15 is 0 Å². The lowest BCUT2D eigenvalue weighted by Gasteiger charge is -2.16. The zero-order valence-electron chi connectivity index (χ0n) is 14.0. The maximum Gasteiger partial charge on any atom is 0.227 e. The molecule has 0 radical (unpaired) electrons. The topological polar surface area (TPSA) is 69.6 Å². The van der Waals surface area contributed by atoms with E-state index in [1.54, 1.807) is 17.0 Å². The Hall–Kier alpha value is -2.66. The maximum absolute atomic E-state index is 12.0. The Morgan fingerprint density at radius 3 is 2.48 bits per heavy atom. The molecular weight excluding hydrogens is 316 g/mol. The van der Waals surface area contributed by atoms with Crippen LogP contribution in [0.25, 0.3) is 0 Å². The highest BCUT2D eigenvalue weighted by Crippen LogP contribution is 2.21. The summed E-state index contributed by atoms with van der Waals surface area (Å²) in [7, 11) is 0. The Bertz CT molecular complexity index is 728. The summed E-state index contributed by atoms with van der Waals surface area (Å²) in [6, 6.07) is 16.8. The first-order valence-corrected chi connectivity index (χ1v) is 8.52. The first kappa shape index (κ1) is 17.2. The average molecular weight is 338 g/mol. The fourth-order valence-electron chi connectivity index (χ4n) is 2.96. The smallest absolute Gasteiger partial charge is 0.227 e. The third-order valence-electron chi connectivity index (χ3n) is 4.37. The van der Waals surface area contributed by atoms with Gasteiger partial charge >= 0.3 is 0 Å². The first-order valence-electron chi connectivity index (χ1n) is 8.52. The molecule has 130 valence electrons. The molecule has 1 heterocycles. The highest BCUT2D eigenvalue weighted by molar-refractivity contribution is 5.95. The van der Waals surface area contributed by atoms with Crippen LogP contribution in [0.5, 0.6) is 0 Å². The van der Waals surface area contributed by atoms with Gasteiger partial charge in [0.25, 0.3) is 0 Å². The number of anilines is 1. The molecule has 1 unspecified atom stereocenters. The van der Waals surface area contributed by atoms with Gasteiger partial charge in [-0.3, -0.25) is 9.59 Å². The molecule has 0 aliphatic carbocycles. The van der Waals surface area contributed by atoms with Crippen molar-refractivity contribution in [2.45, 2.75) is 31.9 Å². The van der Waals surface area contributed by atoms with Crippen molar-refractivity contribution >= 4 is 17.5 Å². The van der Waals surface area contributed by atoms with Crippen molar-refractivity contribution < 1.29 is 14.7 Å². The van der Waals surface area contributed by atoms with Gasteiger partial charge in [-0.2, -0.15) is 0 Å². The van der Waals surface area contributed by atoms with Crippen molar-refractivity contribution in [3.8, 4) is 0 Å². The van der Waals surface area contributed by atoms with Crippen LogP contribution in [0.2, 0.25) is 0 Å². The normalized spacial score (nSPS) is 15.2. The van der Waals surface area contributed by atoms with Gasteiger partial charge in [-0.1, -0.05) is 42.5 Å². The molecule has 1 fully saturated rings. The Labute approximate surface area is 147 Å². The number of benzene rings is 2. The summed E-state index contributed by atoms with van der Waals surface area (Å²) < 4.78 is 0. The standard InChI is InChI=1S/C20H22N2O3/c23-18(16-5-2-1-3-6-16)13-19(24)21-14-15-8-10-17(11-9-15)22-12-4-7-20(22)25/h1-3,5-6,8-11,18,23H,4,7,12-14H2,(H,21,24). The number of aliphatic hydroxyl groups is 1. The number of carbonyl (C=O) groups is 2. The summed E-state index contributed by atoms with van der Waals surface area (Å²) in [6.45, 7) is 1.17. The molecular formula is C20H22N2O3. The second-order valence-electron chi connectivity index (χ2n) is 6.22. The van der Waals surface area contributed by atoms with Crippen molar-refractivity contribution in [3.05, 3.63) is 65.7 Å². The van der Waals surface area contributed by atoms with Gasteiger partial charge < -0.3 is 15.3 Å².